The molecule has 3 rings (SSSR count). The summed E-state index contributed by atoms with van der Waals surface area (Å²) >= 11 is 0. The summed E-state index contributed by atoms with van der Waals surface area (Å²) < 4.78 is 0. The Morgan fingerprint density at radius 1 is 0.917 bits per heavy atom. The van der Waals surface area contributed by atoms with E-state index in [9.17, 15) is 0 Å². The van der Waals surface area contributed by atoms with Crippen molar-refractivity contribution in [3.05, 3.63) is 95.6 Å². The monoisotopic (exact) mass is 317 g/mol. The van der Waals surface area contributed by atoms with E-state index in [1.165, 1.54) is 16.7 Å². The highest BCUT2D eigenvalue weighted by Crippen LogP contribution is 2.28. The van der Waals surface area contributed by atoms with Gasteiger partial charge in [0.1, 0.15) is 0 Å². The number of hydrogen-bond acceptors (Lipinski definition) is 1. The first-order valence-electron chi connectivity index (χ1n) is 8.86. The molecule has 0 heterocycles. The van der Waals surface area contributed by atoms with Crippen molar-refractivity contribution in [1.29, 1.82) is 0 Å². The maximum absolute atomic E-state index is 2.63. The zero-order valence-corrected chi connectivity index (χ0v) is 14.7. The van der Waals surface area contributed by atoms with Crippen molar-refractivity contribution >= 4 is 0 Å². The Bertz CT molecular complexity index is 639. The van der Waals surface area contributed by atoms with Gasteiger partial charge in [-0.1, -0.05) is 84.5 Å². The van der Waals surface area contributed by atoms with Crippen molar-refractivity contribution in [1.82, 2.24) is 4.90 Å². The molecule has 0 saturated heterocycles. The van der Waals surface area contributed by atoms with Crippen LogP contribution in [0.15, 0.2) is 84.5 Å². The lowest BCUT2D eigenvalue weighted by atomic mass is 9.98. The number of nitrogens with zero attached hydrogens (tertiary/aromatic N) is 1. The van der Waals surface area contributed by atoms with Gasteiger partial charge in [0.25, 0.3) is 0 Å². The SMILES string of the molecule is CC(C)=CC1C=CCC1N(Cc1ccccc1)Cc1ccccc1. The van der Waals surface area contributed by atoms with Gasteiger partial charge < -0.3 is 0 Å². The molecule has 0 N–H and O–H groups in total. The van der Waals surface area contributed by atoms with Crippen LogP contribution >= 0.6 is 0 Å². The van der Waals surface area contributed by atoms with Crippen LogP contribution in [0.5, 0.6) is 0 Å². The van der Waals surface area contributed by atoms with Gasteiger partial charge in [-0.05, 0) is 31.4 Å². The molecule has 0 bridgehead atoms. The molecule has 0 aromatic heterocycles. The lowest BCUT2D eigenvalue weighted by Gasteiger charge is -2.32. The predicted molar refractivity (Wildman–Crippen MR) is 103 cm³/mol. The standard InChI is InChI=1S/C23H27N/c1-19(2)16-22-14-9-15-23(22)24(17-20-10-5-3-6-11-20)18-21-12-7-4-8-13-21/h3-14,16,22-23H,15,17-18H2,1-2H3. The summed E-state index contributed by atoms with van der Waals surface area (Å²) in [7, 11) is 0. The van der Waals surface area contributed by atoms with E-state index in [0.717, 1.165) is 19.5 Å². The largest absolute Gasteiger partial charge is 0.291 e. The van der Waals surface area contributed by atoms with E-state index in [4.69, 9.17) is 0 Å². The lowest BCUT2D eigenvalue weighted by molar-refractivity contribution is 0.164. The first-order chi connectivity index (χ1) is 11.7. The van der Waals surface area contributed by atoms with E-state index in [2.05, 4.69) is 97.6 Å². The average molecular weight is 317 g/mol. The van der Waals surface area contributed by atoms with Crippen molar-refractivity contribution in [2.75, 3.05) is 0 Å². The van der Waals surface area contributed by atoms with Crippen LogP contribution in [0.4, 0.5) is 0 Å². The predicted octanol–water partition coefficient (Wildman–Crippen LogP) is 5.60. The first-order valence-corrected chi connectivity index (χ1v) is 8.86. The smallest absolute Gasteiger partial charge is 0.0240 e. The maximum Gasteiger partial charge on any atom is 0.0240 e. The second-order valence-electron chi connectivity index (χ2n) is 6.93. The molecule has 2 atom stereocenters. The Hall–Kier alpha value is -2.12. The molecular weight excluding hydrogens is 290 g/mol. The third-order valence-corrected chi connectivity index (χ3v) is 4.63. The van der Waals surface area contributed by atoms with Crippen LogP contribution in [0.3, 0.4) is 0 Å². The highest BCUT2D eigenvalue weighted by atomic mass is 15.2. The zero-order valence-electron chi connectivity index (χ0n) is 14.7. The molecule has 124 valence electrons. The molecule has 2 unspecified atom stereocenters. The Morgan fingerprint density at radius 2 is 1.46 bits per heavy atom. The molecule has 24 heavy (non-hydrogen) atoms. The zero-order chi connectivity index (χ0) is 16.8. The molecule has 1 aliphatic rings. The molecule has 0 aliphatic heterocycles. The Kier molecular flexibility index (Phi) is 5.66. The average Bonchev–Trinajstić information content (AvgIpc) is 3.03. The lowest BCUT2D eigenvalue weighted by Crippen LogP contribution is -2.36. The summed E-state index contributed by atoms with van der Waals surface area (Å²) in [6.45, 7) is 6.38. The maximum atomic E-state index is 2.63. The third kappa shape index (κ3) is 4.46. The molecule has 1 aliphatic carbocycles. The molecule has 0 spiro atoms. The van der Waals surface area contributed by atoms with Gasteiger partial charge in [0, 0.05) is 25.0 Å². The third-order valence-electron chi connectivity index (χ3n) is 4.63. The van der Waals surface area contributed by atoms with Crippen molar-refractivity contribution in [2.24, 2.45) is 5.92 Å². The van der Waals surface area contributed by atoms with E-state index in [-0.39, 0.29) is 0 Å². The van der Waals surface area contributed by atoms with Crippen LogP contribution in [0.2, 0.25) is 0 Å². The van der Waals surface area contributed by atoms with E-state index in [1.54, 1.807) is 0 Å². The minimum absolute atomic E-state index is 0.516. The van der Waals surface area contributed by atoms with Gasteiger partial charge >= 0.3 is 0 Å². The molecular formula is C23H27N. The Balaban J connectivity index is 1.82. The normalized spacial score (nSPS) is 19.6. The summed E-state index contributed by atoms with van der Waals surface area (Å²) in [6.07, 6.45) is 8.27. The number of allylic oxidation sites excluding steroid dienone is 1. The molecule has 0 amide bonds. The number of rotatable bonds is 6. The summed E-state index contributed by atoms with van der Waals surface area (Å²) in [5.74, 6) is 0.516. The van der Waals surface area contributed by atoms with Crippen molar-refractivity contribution in [3.63, 3.8) is 0 Å². The Morgan fingerprint density at radius 3 is 1.96 bits per heavy atom. The molecule has 2 aromatic carbocycles. The molecule has 1 heteroatoms. The van der Waals surface area contributed by atoms with Gasteiger partial charge in [0.05, 0.1) is 0 Å². The van der Waals surface area contributed by atoms with Crippen LogP contribution in [-0.4, -0.2) is 10.9 Å². The molecule has 2 aromatic rings. The fraction of sp³-hybridized carbons (Fsp3) is 0.304. The van der Waals surface area contributed by atoms with Crippen molar-refractivity contribution in [2.45, 2.75) is 39.4 Å². The second-order valence-corrected chi connectivity index (χ2v) is 6.93. The van der Waals surface area contributed by atoms with Crippen LogP contribution in [0, 0.1) is 5.92 Å². The molecule has 0 radical (unpaired) electrons. The van der Waals surface area contributed by atoms with Crippen molar-refractivity contribution in [3.8, 4) is 0 Å². The van der Waals surface area contributed by atoms with Gasteiger partial charge in [-0.3, -0.25) is 4.90 Å². The van der Waals surface area contributed by atoms with E-state index in [0.29, 0.717) is 12.0 Å². The van der Waals surface area contributed by atoms with Gasteiger partial charge in [0.2, 0.25) is 0 Å². The van der Waals surface area contributed by atoms with E-state index < -0.39 is 0 Å². The van der Waals surface area contributed by atoms with Crippen molar-refractivity contribution < 1.29 is 0 Å². The summed E-state index contributed by atoms with van der Waals surface area (Å²) in [5.41, 5.74) is 4.17. The van der Waals surface area contributed by atoms with Crippen LogP contribution in [-0.2, 0) is 13.1 Å². The fourth-order valence-electron chi connectivity index (χ4n) is 3.53. The first kappa shape index (κ1) is 16.7. The van der Waals surface area contributed by atoms with Gasteiger partial charge in [-0.25, -0.2) is 0 Å². The fourth-order valence-corrected chi connectivity index (χ4v) is 3.53. The second kappa shape index (κ2) is 8.12. The quantitative estimate of drug-likeness (QED) is 0.627. The highest BCUT2D eigenvalue weighted by Gasteiger charge is 2.27. The van der Waals surface area contributed by atoms with E-state index >= 15 is 0 Å². The van der Waals surface area contributed by atoms with Gasteiger partial charge in [-0.15, -0.1) is 0 Å². The summed E-state index contributed by atoms with van der Waals surface area (Å²) in [5, 5.41) is 0. The summed E-state index contributed by atoms with van der Waals surface area (Å²) in [4.78, 5) is 2.63. The number of hydrogen-bond donors (Lipinski definition) is 0. The molecule has 0 saturated carbocycles. The van der Waals surface area contributed by atoms with Gasteiger partial charge in [0.15, 0.2) is 0 Å². The molecule has 0 fully saturated rings. The highest BCUT2D eigenvalue weighted by molar-refractivity contribution is 5.20. The minimum atomic E-state index is 0.516. The van der Waals surface area contributed by atoms with Crippen LogP contribution < -0.4 is 0 Å². The minimum Gasteiger partial charge on any atom is -0.291 e. The van der Waals surface area contributed by atoms with Crippen LogP contribution in [0.1, 0.15) is 31.4 Å². The van der Waals surface area contributed by atoms with Crippen LogP contribution in [0.25, 0.3) is 0 Å². The Labute approximate surface area is 146 Å². The summed E-state index contributed by atoms with van der Waals surface area (Å²) in [6, 6.07) is 22.2. The topological polar surface area (TPSA) is 3.24 Å². The molecule has 1 nitrogen and oxygen atoms in total. The van der Waals surface area contributed by atoms with E-state index in [1.807, 2.05) is 0 Å². The van der Waals surface area contributed by atoms with Gasteiger partial charge in [-0.2, -0.15) is 0 Å². The number of benzene rings is 2.